The molecule has 0 atom stereocenters. The number of rotatable bonds is 4. The molecular formula is C13H15FN2S2. The summed E-state index contributed by atoms with van der Waals surface area (Å²) >= 11 is 3.54. The number of thioether (sulfide) groups is 1. The molecule has 1 aromatic carbocycles. The first-order valence-electron chi connectivity index (χ1n) is 6.06. The molecule has 96 valence electrons. The average molecular weight is 282 g/mol. The topological polar surface area (TPSA) is 24.9 Å². The van der Waals surface area contributed by atoms with Gasteiger partial charge in [0.25, 0.3) is 0 Å². The Labute approximate surface area is 114 Å². The molecule has 18 heavy (non-hydrogen) atoms. The molecule has 0 radical (unpaired) electrons. The van der Waals surface area contributed by atoms with Gasteiger partial charge in [0.05, 0.1) is 10.2 Å². The molecule has 0 unspecified atom stereocenters. The minimum Gasteiger partial charge on any atom is -0.360 e. The van der Waals surface area contributed by atoms with Crippen LogP contribution in [-0.4, -0.2) is 22.5 Å². The van der Waals surface area contributed by atoms with Crippen molar-refractivity contribution >= 4 is 38.4 Å². The fourth-order valence-electron chi connectivity index (χ4n) is 2.24. The second-order valence-electron chi connectivity index (χ2n) is 4.73. The lowest BCUT2D eigenvalue weighted by Gasteiger charge is -2.40. The normalized spacial score (nSPS) is 17.7. The molecular weight excluding hydrogens is 267 g/mol. The smallest absolute Gasteiger partial charge is 0.183 e. The first-order chi connectivity index (χ1) is 8.71. The summed E-state index contributed by atoms with van der Waals surface area (Å²) in [5, 5.41) is 4.31. The van der Waals surface area contributed by atoms with Gasteiger partial charge in [-0.1, -0.05) is 17.8 Å². The second-order valence-corrected chi connectivity index (χ2v) is 7.03. The van der Waals surface area contributed by atoms with Crippen LogP contribution in [-0.2, 0) is 0 Å². The molecule has 3 rings (SSSR count). The van der Waals surface area contributed by atoms with Crippen LogP contribution in [0, 0.1) is 5.82 Å². The quantitative estimate of drug-likeness (QED) is 0.912. The van der Waals surface area contributed by atoms with Crippen LogP contribution in [0.5, 0.6) is 0 Å². The molecule has 1 saturated carbocycles. The molecule has 1 aromatic heterocycles. The number of benzene rings is 1. The SMILES string of the molecule is CSC1(CNc2nc3cc(F)ccc3s2)CCC1. The third kappa shape index (κ3) is 2.21. The predicted molar refractivity (Wildman–Crippen MR) is 78.2 cm³/mol. The maximum Gasteiger partial charge on any atom is 0.183 e. The Bertz CT molecular complexity index is 558. The molecule has 0 amide bonds. The Morgan fingerprint density at radius 1 is 1.50 bits per heavy atom. The Balaban J connectivity index is 1.74. The van der Waals surface area contributed by atoms with Crippen molar-refractivity contribution in [3.05, 3.63) is 24.0 Å². The van der Waals surface area contributed by atoms with Gasteiger partial charge in [0, 0.05) is 17.4 Å². The highest BCUT2D eigenvalue weighted by Gasteiger charge is 2.35. The van der Waals surface area contributed by atoms with Gasteiger partial charge in [-0.25, -0.2) is 9.37 Å². The number of nitrogens with zero attached hydrogens (tertiary/aromatic N) is 1. The second kappa shape index (κ2) is 4.70. The molecule has 1 fully saturated rings. The Hall–Kier alpha value is -0.810. The van der Waals surface area contributed by atoms with Gasteiger partial charge in [-0.15, -0.1) is 0 Å². The van der Waals surface area contributed by atoms with Crippen LogP contribution < -0.4 is 5.32 Å². The standard InChI is InChI=1S/C13H15FN2S2/c1-17-13(5-2-6-13)8-15-12-16-10-7-9(14)3-4-11(10)18-12/h3-4,7H,2,5-6,8H2,1H3,(H,15,16). The summed E-state index contributed by atoms with van der Waals surface area (Å²) < 4.78 is 14.5. The largest absolute Gasteiger partial charge is 0.360 e. The number of halogens is 1. The van der Waals surface area contributed by atoms with Crippen molar-refractivity contribution in [1.29, 1.82) is 0 Å². The van der Waals surface area contributed by atoms with Gasteiger partial charge in [0.1, 0.15) is 5.82 Å². The van der Waals surface area contributed by atoms with Crippen LogP contribution in [0.25, 0.3) is 10.2 Å². The van der Waals surface area contributed by atoms with Crippen molar-refractivity contribution in [2.75, 3.05) is 18.1 Å². The zero-order valence-corrected chi connectivity index (χ0v) is 11.8. The number of nitrogens with one attached hydrogen (secondary N) is 1. The van der Waals surface area contributed by atoms with Crippen LogP contribution in [0.2, 0.25) is 0 Å². The number of fused-ring (bicyclic) bond motifs is 1. The number of hydrogen-bond donors (Lipinski definition) is 1. The predicted octanol–water partition coefficient (Wildman–Crippen LogP) is 4.13. The van der Waals surface area contributed by atoms with Crippen LogP contribution in [0.1, 0.15) is 19.3 Å². The molecule has 1 aliphatic rings. The van der Waals surface area contributed by atoms with E-state index in [1.54, 1.807) is 17.4 Å². The van der Waals surface area contributed by atoms with Crippen molar-refractivity contribution in [3.63, 3.8) is 0 Å². The van der Waals surface area contributed by atoms with Crippen molar-refractivity contribution in [2.45, 2.75) is 24.0 Å². The van der Waals surface area contributed by atoms with Crippen molar-refractivity contribution in [2.24, 2.45) is 0 Å². The van der Waals surface area contributed by atoms with E-state index in [-0.39, 0.29) is 5.82 Å². The van der Waals surface area contributed by atoms with Crippen LogP contribution in [0.15, 0.2) is 18.2 Å². The first kappa shape index (κ1) is 12.2. The van der Waals surface area contributed by atoms with Gasteiger partial charge in [-0.2, -0.15) is 11.8 Å². The minimum absolute atomic E-state index is 0.223. The summed E-state index contributed by atoms with van der Waals surface area (Å²) in [6.07, 6.45) is 6.06. The van der Waals surface area contributed by atoms with Crippen LogP contribution >= 0.6 is 23.1 Å². The van der Waals surface area contributed by atoms with Crippen molar-refractivity contribution < 1.29 is 4.39 Å². The van der Waals surface area contributed by atoms with E-state index in [4.69, 9.17) is 0 Å². The third-order valence-electron chi connectivity index (χ3n) is 3.61. The van der Waals surface area contributed by atoms with Gasteiger partial charge in [0.15, 0.2) is 5.13 Å². The summed E-state index contributed by atoms with van der Waals surface area (Å²) in [4.78, 5) is 4.43. The van der Waals surface area contributed by atoms with Crippen LogP contribution in [0.4, 0.5) is 9.52 Å². The molecule has 1 heterocycles. The van der Waals surface area contributed by atoms with E-state index < -0.39 is 0 Å². The third-order valence-corrected chi connectivity index (χ3v) is 6.02. The van der Waals surface area contributed by atoms with E-state index in [1.807, 2.05) is 11.8 Å². The highest BCUT2D eigenvalue weighted by atomic mass is 32.2. The molecule has 0 bridgehead atoms. The monoisotopic (exact) mass is 282 g/mol. The lowest BCUT2D eigenvalue weighted by molar-refractivity contribution is 0.380. The number of hydrogen-bond acceptors (Lipinski definition) is 4. The molecule has 0 spiro atoms. The minimum atomic E-state index is -0.223. The lowest BCUT2D eigenvalue weighted by Crippen LogP contribution is -2.40. The fraction of sp³-hybridized carbons (Fsp3) is 0.462. The molecule has 5 heteroatoms. The van der Waals surface area contributed by atoms with E-state index >= 15 is 0 Å². The van der Waals surface area contributed by atoms with E-state index in [0.29, 0.717) is 4.75 Å². The first-order valence-corrected chi connectivity index (χ1v) is 8.10. The molecule has 2 aromatic rings. The van der Waals surface area contributed by atoms with E-state index in [1.165, 1.54) is 31.4 Å². The molecule has 2 nitrogen and oxygen atoms in total. The van der Waals surface area contributed by atoms with Gasteiger partial charge in [-0.3, -0.25) is 0 Å². The Kier molecular flexibility index (Phi) is 3.20. The maximum absolute atomic E-state index is 13.1. The van der Waals surface area contributed by atoms with E-state index in [0.717, 1.165) is 21.9 Å². The highest BCUT2D eigenvalue weighted by Crippen LogP contribution is 2.43. The molecule has 1 N–H and O–H groups in total. The average Bonchev–Trinajstić information content (AvgIpc) is 2.70. The summed E-state index contributed by atoms with van der Waals surface area (Å²) in [6.45, 7) is 0.955. The van der Waals surface area contributed by atoms with Gasteiger partial charge in [-0.05, 0) is 31.2 Å². The van der Waals surface area contributed by atoms with Crippen molar-refractivity contribution in [3.8, 4) is 0 Å². The number of aromatic nitrogens is 1. The van der Waals surface area contributed by atoms with Gasteiger partial charge < -0.3 is 5.32 Å². The fourth-order valence-corrected chi connectivity index (χ4v) is 3.99. The van der Waals surface area contributed by atoms with Crippen molar-refractivity contribution in [1.82, 2.24) is 4.98 Å². The lowest BCUT2D eigenvalue weighted by atomic mass is 9.84. The summed E-state index contributed by atoms with van der Waals surface area (Å²) in [5.74, 6) is -0.223. The zero-order chi connectivity index (χ0) is 12.6. The summed E-state index contributed by atoms with van der Waals surface area (Å²) in [7, 11) is 0. The summed E-state index contributed by atoms with van der Waals surface area (Å²) in [5.41, 5.74) is 0.745. The Morgan fingerprint density at radius 2 is 2.33 bits per heavy atom. The number of thiazole rings is 1. The van der Waals surface area contributed by atoms with Crippen LogP contribution in [0.3, 0.4) is 0 Å². The number of anilines is 1. The van der Waals surface area contributed by atoms with Gasteiger partial charge in [0.2, 0.25) is 0 Å². The van der Waals surface area contributed by atoms with Gasteiger partial charge >= 0.3 is 0 Å². The maximum atomic E-state index is 13.1. The Morgan fingerprint density at radius 3 is 3.00 bits per heavy atom. The van der Waals surface area contributed by atoms with E-state index in [9.17, 15) is 4.39 Å². The molecule has 1 aliphatic carbocycles. The molecule has 0 saturated heterocycles. The molecule has 0 aliphatic heterocycles. The van der Waals surface area contributed by atoms with E-state index in [2.05, 4.69) is 16.6 Å². The zero-order valence-electron chi connectivity index (χ0n) is 10.2. The highest BCUT2D eigenvalue weighted by molar-refractivity contribution is 8.00. The summed E-state index contributed by atoms with van der Waals surface area (Å²) in [6, 6.07) is 4.77.